The Kier molecular flexibility index (Phi) is 7.46. The van der Waals surface area contributed by atoms with E-state index in [1.807, 2.05) is 55.4 Å². The van der Waals surface area contributed by atoms with E-state index in [-0.39, 0.29) is 36.0 Å². The molecule has 3 atom stereocenters. The number of ether oxygens (including phenoxy) is 1. The van der Waals surface area contributed by atoms with Gasteiger partial charge in [-0.3, -0.25) is 14.3 Å². The van der Waals surface area contributed by atoms with Gasteiger partial charge in [0, 0.05) is 49.5 Å². The normalized spacial score (nSPS) is 24.5. The Balaban J connectivity index is 0.000000437. The molecule has 0 bridgehead atoms. The predicted molar refractivity (Wildman–Crippen MR) is 103 cm³/mol. The summed E-state index contributed by atoms with van der Waals surface area (Å²) in [4.78, 5) is 26.0. The molecule has 1 unspecified atom stereocenters. The number of hydrogen-bond donors (Lipinski definition) is 2. The van der Waals surface area contributed by atoms with Crippen LogP contribution in [0, 0.1) is 24.7 Å². The van der Waals surface area contributed by atoms with E-state index in [1.165, 1.54) is 10.8 Å². The van der Waals surface area contributed by atoms with Crippen molar-refractivity contribution in [1.29, 1.82) is 0 Å². The first-order valence-electron chi connectivity index (χ1n) is 9.18. The van der Waals surface area contributed by atoms with Crippen LogP contribution < -0.4 is 11.2 Å². The first kappa shape index (κ1) is 20.4. The average Bonchev–Trinajstić information content (AvgIpc) is 3.45. The number of rotatable bonds is 1. The van der Waals surface area contributed by atoms with Crippen molar-refractivity contribution in [2.24, 2.45) is 0 Å². The van der Waals surface area contributed by atoms with Crippen molar-refractivity contribution in [3.8, 4) is 11.8 Å². The summed E-state index contributed by atoms with van der Waals surface area (Å²) in [6.45, 7) is -0.0978. The average molecular weight is 421 g/mol. The maximum atomic E-state index is 12.0. The van der Waals surface area contributed by atoms with Crippen molar-refractivity contribution in [2.75, 3.05) is 0 Å². The maximum absolute atomic E-state index is 12.0. The molecular weight excluding hydrogens is 400 g/mol. The molecule has 2 radical (unpaired) electrons. The van der Waals surface area contributed by atoms with Crippen molar-refractivity contribution in [1.82, 2.24) is 9.55 Å². The summed E-state index contributed by atoms with van der Waals surface area (Å²) in [6.07, 6.45) is 16.6. The first-order chi connectivity index (χ1) is 13.6. The molecule has 3 aliphatic rings. The SMILES string of the molecule is [2H]C[C@H]1O[C@@H](n2cc(C#CC3=CC=C[CH]3)c(=O)[nH]c2=O)CC1O.[CH]1C=CC=C1.[Fe]. The molecule has 0 spiro atoms. The molecule has 1 aromatic rings. The van der Waals surface area contributed by atoms with Gasteiger partial charge in [-0.2, -0.15) is 0 Å². The summed E-state index contributed by atoms with van der Waals surface area (Å²) in [6, 6.07) is 0. The summed E-state index contributed by atoms with van der Waals surface area (Å²) in [5, 5.41) is 9.80. The van der Waals surface area contributed by atoms with Gasteiger partial charge in [0.1, 0.15) is 11.8 Å². The quantitative estimate of drug-likeness (QED) is 0.533. The number of aliphatic hydroxyl groups excluding tert-OH is 1. The van der Waals surface area contributed by atoms with Gasteiger partial charge >= 0.3 is 5.69 Å². The minimum Gasteiger partial charge on any atom is -0.390 e. The standard InChI is InChI=1S/C16H15N2O4.C5H5.Fe/c1-10-13(19)8-14(22-10)18-9-12(15(20)17-16(18)21)7-6-11-4-2-3-5-11;1-2-4-5-3-1;/h2-5,9-10,13-14,19H,8H2,1H3,(H,17,20,21);1-5H;/t10-,13?,14-;;/m1../s1/i1D;;. The van der Waals surface area contributed by atoms with Crippen molar-refractivity contribution in [2.45, 2.75) is 31.8 Å². The number of H-pyrrole nitrogens is 1. The van der Waals surface area contributed by atoms with Crippen molar-refractivity contribution >= 4 is 0 Å². The Hall–Kier alpha value is -2.36. The van der Waals surface area contributed by atoms with Gasteiger partial charge in [0.2, 0.25) is 0 Å². The van der Waals surface area contributed by atoms with Gasteiger partial charge < -0.3 is 9.84 Å². The third kappa shape index (κ3) is 5.57. The van der Waals surface area contributed by atoms with Crippen LogP contribution in [0.1, 0.15) is 26.5 Å². The molecule has 2 aliphatic carbocycles. The van der Waals surface area contributed by atoms with Crippen LogP contribution in [0.2, 0.25) is 0 Å². The minimum absolute atomic E-state index is 0. The molecule has 4 rings (SSSR count). The van der Waals surface area contributed by atoms with Crippen molar-refractivity contribution < 1.29 is 28.3 Å². The fourth-order valence-corrected chi connectivity index (χ4v) is 2.59. The zero-order valence-corrected chi connectivity index (χ0v) is 16.0. The van der Waals surface area contributed by atoms with E-state index in [9.17, 15) is 14.7 Å². The molecule has 1 saturated heterocycles. The van der Waals surface area contributed by atoms with Crippen molar-refractivity contribution in [3.63, 3.8) is 0 Å². The fourth-order valence-electron chi connectivity index (χ4n) is 2.59. The zero-order valence-electron chi connectivity index (χ0n) is 15.9. The number of aliphatic hydroxyl groups is 1. The van der Waals surface area contributed by atoms with Crippen LogP contribution in [0.25, 0.3) is 0 Å². The monoisotopic (exact) mass is 421 g/mol. The molecule has 6 nitrogen and oxygen atoms in total. The summed E-state index contributed by atoms with van der Waals surface area (Å²) in [5.74, 6) is 5.58. The first-order valence-corrected chi connectivity index (χ1v) is 8.47. The largest absolute Gasteiger partial charge is 0.390 e. The Morgan fingerprint density at radius 1 is 1.21 bits per heavy atom. The van der Waals surface area contributed by atoms with E-state index in [2.05, 4.69) is 16.8 Å². The van der Waals surface area contributed by atoms with Gasteiger partial charge in [0.05, 0.1) is 12.2 Å². The van der Waals surface area contributed by atoms with Crippen LogP contribution in [0.15, 0.2) is 63.9 Å². The van der Waals surface area contributed by atoms with E-state index in [0.717, 1.165) is 5.57 Å². The number of aromatic amines is 1. The Labute approximate surface area is 175 Å². The number of allylic oxidation sites excluding steroid dienone is 8. The molecule has 2 N–H and O–H groups in total. The summed E-state index contributed by atoms with van der Waals surface area (Å²) >= 11 is 0. The van der Waals surface area contributed by atoms with E-state index >= 15 is 0 Å². The molecule has 1 aliphatic heterocycles. The second-order valence-electron chi connectivity index (χ2n) is 6.03. The van der Waals surface area contributed by atoms with Gasteiger partial charge in [-0.15, -0.1) is 0 Å². The third-order valence-corrected chi connectivity index (χ3v) is 4.04. The molecule has 1 aromatic heterocycles. The van der Waals surface area contributed by atoms with Gasteiger partial charge in [-0.1, -0.05) is 54.4 Å². The Morgan fingerprint density at radius 2 is 2.00 bits per heavy atom. The molecule has 146 valence electrons. The van der Waals surface area contributed by atoms with Crippen LogP contribution in [0.4, 0.5) is 0 Å². The molecule has 7 heteroatoms. The van der Waals surface area contributed by atoms with Crippen LogP contribution >= 0.6 is 0 Å². The fraction of sp³-hybridized carbons (Fsp3) is 0.238. The molecular formula is C21H20FeN2O4. The van der Waals surface area contributed by atoms with Gasteiger partial charge in [0.15, 0.2) is 0 Å². The smallest absolute Gasteiger partial charge is 0.330 e. The van der Waals surface area contributed by atoms with Crippen molar-refractivity contribution in [3.05, 3.63) is 93.5 Å². The zero-order chi connectivity index (χ0) is 19.9. The predicted octanol–water partition coefficient (Wildman–Crippen LogP) is 1.57. The molecule has 28 heavy (non-hydrogen) atoms. The second-order valence-corrected chi connectivity index (χ2v) is 6.03. The summed E-state index contributed by atoms with van der Waals surface area (Å²) in [7, 11) is 0. The summed E-state index contributed by atoms with van der Waals surface area (Å²) in [5.41, 5.74) is -0.292. The Bertz CT molecular complexity index is 1000. The molecule has 0 amide bonds. The molecule has 1 fully saturated rings. The number of aromatic nitrogens is 2. The van der Waals surface area contributed by atoms with Gasteiger partial charge in [0.25, 0.3) is 5.56 Å². The molecule has 2 heterocycles. The van der Waals surface area contributed by atoms with Gasteiger partial charge in [-0.05, 0) is 6.90 Å². The van der Waals surface area contributed by atoms with E-state index in [0.29, 0.717) is 0 Å². The number of nitrogens with one attached hydrogen (secondary N) is 1. The number of hydrogen-bond acceptors (Lipinski definition) is 4. The second kappa shape index (κ2) is 10.3. The maximum Gasteiger partial charge on any atom is 0.330 e. The minimum atomic E-state index is -0.810. The molecule has 0 saturated carbocycles. The van der Waals surface area contributed by atoms with Crippen LogP contribution in [0.3, 0.4) is 0 Å². The summed E-state index contributed by atoms with van der Waals surface area (Å²) < 4.78 is 14.0. The van der Waals surface area contributed by atoms with Crippen LogP contribution in [-0.4, -0.2) is 26.9 Å². The van der Waals surface area contributed by atoms with E-state index in [1.54, 1.807) is 0 Å². The van der Waals surface area contributed by atoms with Gasteiger partial charge in [-0.25, -0.2) is 4.79 Å². The van der Waals surface area contributed by atoms with Crippen LogP contribution in [0.5, 0.6) is 0 Å². The van der Waals surface area contributed by atoms with Crippen LogP contribution in [-0.2, 0) is 21.8 Å². The number of nitrogens with zero attached hydrogens (tertiary/aromatic N) is 1. The Morgan fingerprint density at radius 3 is 2.57 bits per heavy atom. The topological polar surface area (TPSA) is 84.3 Å². The van der Waals surface area contributed by atoms with E-state index < -0.39 is 29.7 Å². The third-order valence-electron chi connectivity index (χ3n) is 4.04. The molecule has 0 aromatic carbocycles. The van der Waals surface area contributed by atoms with E-state index in [4.69, 9.17) is 6.11 Å².